The van der Waals surface area contributed by atoms with Gasteiger partial charge in [0.15, 0.2) is 11.5 Å². The summed E-state index contributed by atoms with van der Waals surface area (Å²) in [5.74, 6) is 1.46. The van der Waals surface area contributed by atoms with Gasteiger partial charge in [0.2, 0.25) is 0 Å². The smallest absolute Gasteiger partial charge is 0.167 e. The molecule has 1 N–H and O–H groups in total. The number of anilines is 1. The maximum Gasteiger partial charge on any atom is 0.167 e. The van der Waals surface area contributed by atoms with Crippen LogP contribution < -0.4 is 14.4 Å². The fourth-order valence-electron chi connectivity index (χ4n) is 4.25. The number of para-hydroxylation sites is 1. The van der Waals surface area contributed by atoms with Gasteiger partial charge in [-0.3, -0.25) is 0 Å². The molecule has 162 valence electrons. The topological polar surface area (TPSA) is 51.2 Å². The van der Waals surface area contributed by atoms with Gasteiger partial charge in [-0.15, -0.1) is 0 Å². The number of hydrogen-bond donors (Lipinski definition) is 1. The van der Waals surface area contributed by atoms with Crippen LogP contribution in [0.2, 0.25) is 5.02 Å². The Bertz CT molecular complexity index is 895. The third kappa shape index (κ3) is 4.53. The van der Waals surface area contributed by atoms with Crippen molar-refractivity contribution in [2.75, 3.05) is 37.8 Å². The van der Waals surface area contributed by atoms with E-state index in [9.17, 15) is 5.11 Å². The number of benzene rings is 2. The summed E-state index contributed by atoms with van der Waals surface area (Å²) in [7, 11) is 0. The summed E-state index contributed by atoms with van der Waals surface area (Å²) in [5, 5.41) is 10.3. The Kier molecular flexibility index (Phi) is 6.14. The highest BCUT2D eigenvalue weighted by atomic mass is 35.5. The lowest BCUT2D eigenvalue weighted by molar-refractivity contribution is 0.00172. The van der Waals surface area contributed by atoms with Gasteiger partial charge in [-0.25, -0.2) is 0 Å². The quantitative estimate of drug-likeness (QED) is 0.751. The summed E-state index contributed by atoms with van der Waals surface area (Å²) in [6.07, 6.45) is 0.0661. The average Bonchev–Trinajstić information content (AvgIpc) is 2.83. The fourth-order valence-corrected chi connectivity index (χ4v) is 4.43. The molecule has 6 heteroatoms. The van der Waals surface area contributed by atoms with Gasteiger partial charge >= 0.3 is 0 Å². The van der Waals surface area contributed by atoms with Crippen molar-refractivity contribution in [3.63, 3.8) is 0 Å². The first kappa shape index (κ1) is 21.3. The van der Waals surface area contributed by atoms with Crippen LogP contribution in [0.15, 0.2) is 36.4 Å². The van der Waals surface area contributed by atoms with Gasteiger partial charge in [0.05, 0.1) is 6.10 Å². The average molecular weight is 432 g/mol. The van der Waals surface area contributed by atoms with Crippen molar-refractivity contribution < 1.29 is 19.3 Å². The Morgan fingerprint density at radius 1 is 1.10 bits per heavy atom. The number of hydrogen-bond acceptors (Lipinski definition) is 5. The van der Waals surface area contributed by atoms with Crippen LogP contribution in [-0.4, -0.2) is 44.1 Å². The second-order valence-corrected chi connectivity index (χ2v) is 9.60. The summed E-state index contributed by atoms with van der Waals surface area (Å²) < 4.78 is 18.4. The van der Waals surface area contributed by atoms with Crippen molar-refractivity contribution in [3.05, 3.63) is 52.5 Å². The predicted octanol–water partition coefficient (Wildman–Crippen LogP) is 4.83. The molecule has 0 unspecified atom stereocenters. The number of halogens is 1. The standard InChI is InChI=1S/C24H30ClNO4/c1-24(2,3)15-26-14-17(9-10-27)30-22(19-13-16(25)7-8-20(19)26)18-5-4-6-21-23(18)29-12-11-28-21/h4-8,13,17,22,27H,9-12,14-15H2,1-3H3/t17-,22-/m0/s1. The first-order chi connectivity index (χ1) is 14.4. The third-order valence-corrected chi connectivity index (χ3v) is 5.60. The molecule has 2 aromatic carbocycles. The predicted molar refractivity (Wildman–Crippen MR) is 119 cm³/mol. The van der Waals surface area contributed by atoms with E-state index in [1.54, 1.807) is 0 Å². The highest BCUT2D eigenvalue weighted by molar-refractivity contribution is 6.30. The van der Waals surface area contributed by atoms with Crippen LogP contribution in [0.5, 0.6) is 11.5 Å². The van der Waals surface area contributed by atoms with E-state index < -0.39 is 0 Å². The number of fused-ring (bicyclic) bond motifs is 2. The first-order valence-corrected chi connectivity index (χ1v) is 10.9. The van der Waals surface area contributed by atoms with Gasteiger partial charge in [0, 0.05) is 41.5 Å². The molecule has 0 amide bonds. The lowest BCUT2D eigenvalue weighted by Gasteiger charge is -2.33. The van der Waals surface area contributed by atoms with Crippen LogP contribution in [-0.2, 0) is 4.74 Å². The maximum absolute atomic E-state index is 9.67. The van der Waals surface area contributed by atoms with E-state index in [4.69, 9.17) is 25.8 Å². The molecule has 0 spiro atoms. The highest BCUT2D eigenvalue weighted by Crippen LogP contribution is 2.46. The molecule has 2 heterocycles. The minimum Gasteiger partial charge on any atom is -0.486 e. The van der Waals surface area contributed by atoms with Crippen LogP contribution in [0.3, 0.4) is 0 Å². The Morgan fingerprint density at radius 3 is 2.67 bits per heavy atom. The molecule has 0 aromatic heterocycles. The maximum atomic E-state index is 9.67. The van der Waals surface area contributed by atoms with E-state index in [1.807, 2.05) is 30.3 Å². The summed E-state index contributed by atoms with van der Waals surface area (Å²) >= 11 is 6.43. The third-order valence-electron chi connectivity index (χ3n) is 5.36. The zero-order valence-corrected chi connectivity index (χ0v) is 18.6. The summed E-state index contributed by atoms with van der Waals surface area (Å²) in [6.45, 7) is 9.38. The monoisotopic (exact) mass is 431 g/mol. The second kappa shape index (κ2) is 8.66. The van der Waals surface area contributed by atoms with Gasteiger partial charge in [0.25, 0.3) is 0 Å². The molecule has 2 atom stereocenters. The molecule has 2 aliphatic heterocycles. The van der Waals surface area contributed by atoms with E-state index in [0.717, 1.165) is 34.9 Å². The molecule has 0 saturated carbocycles. The van der Waals surface area contributed by atoms with Crippen molar-refractivity contribution in [1.82, 2.24) is 0 Å². The lowest BCUT2D eigenvalue weighted by atomic mass is 9.94. The highest BCUT2D eigenvalue weighted by Gasteiger charge is 2.34. The minimum atomic E-state index is -0.364. The fraction of sp³-hybridized carbons (Fsp3) is 0.500. The van der Waals surface area contributed by atoms with Crippen LogP contribution in [0.25, 0.3) is 0 Å². The number of aliphatic hydroxyl groups excluding tert-OH is 1. The first-order valence-electron chi connectivity index (χ1n) is 10.5. The van der Waals surface area contributed by atoms with Crippen LogP contribution >= 0.6 is 11.6 Å². The van der Waals surface area contributed by atoms with E-state index in [0.29, 0.717) is 31.2 Å². The van der Waals surface area contributed by atoms with Crippen LogP contribution in [0.1, 0.15) is 44.4 Å². The molecule has 30 heavy (non-hydrogen) atoms. The Hall–Kier alpha value is -1.95. The van der Waals surface area contributed by atoms with E-state index in [2.05, 4.69) is 31.7 Å². The molecule has 0 aliphatic carbocycles. The number of nitrogens with zero attached hydrogens (tertiary/aromatic N) is 1. The molecule has 4 rings (SSSR count). The van der Waals surface area contributed by atoms with Crippen molar-refractivity contribution in [2.24, 2.45) is 5.41 Å². The van der Waals surface area contributed by atoms with Gasteiger partial charge in [-0.1, -0.05) is 44.5 Å². The molecule has 0 radical (unpaired) electrons. The van der Waals surface area contributed by atoms with E-state index in [1.165, 1.54) is 0 Å². The van der Waals surface area contributed by atoms with Crippen molar-refractivity contribution >= 4 is 17.3 Å². The van der Waals surface area contributed by atoms with Gasteiger partial charge < -0.3 is 24.2 Å². The molecular weight excluding hydrogens is 402 g/mol. The number of rotatable bonds is 4. The molecule has 0 fully saturated rings. The normalized spacial score (nSPS) is 21.2. The Labute approximate surface area is 183 Å². The van der Waals surface area contributed by atoms with Crippen LogP contribution in [0.4, 0.5) is 5.69 Å². The Balaban J connectivity index is 1.84. The molecule has 0 saturated heterocycles. The lowest BCUT2D eigenvalue weighted by Crippen LogP contribution is -2.38. The van der Waals surface area contributed by atoms with Gasteiger partial charge in [-0.05, 0) is 36.1 Å². The van der Waals surface area contributed by atoms with Crippen LogP contribution in [0, 0.1) is 5.41 Å². The van der Waals surface area contributed by atoms with Crippen molar-refractivity contribution in [1.29, 1.82) is 0 Å². The van der Waals surface area contributed by atoms with E-state index >= 15 is 0 Å². The van der Waals surface area contributed by atoms with Crippen molar-refractivity contribution in [2.45, 2.75) is 39.4 Å². The summed E-state index contributed by atoms with van der Waals surface area (Å²) in [4.78, 5) is 2.36. The summed E-state index contributed by atoms with van der Waals surface area (Å²) in [5.41, 5.74) is 3.14. The Morgan fingerprint density at radius 2 is 1.90 bits per heavy atom. The SMILES string of the molecule is CC(C)(C)CN1C[C@H](CCO)O[C@@H](c2cccc3c2OCCO3)c2cc(Cl)ccc21. The summed E-state index contributed by atoms with van der Waals surface area (Å²) in [6, 6.07) is 11.9. The molecule has 2 aliphatic rings. The number of ether oxygens (including phenoxy) is 3. The van der Waals surface area contributed by atoms with E-state index in [-0.39, 0.29) is 24.2 Å². The molecule has 2 aromatic rings. The van der Waals surface area contributed by atoms with Gasteiger partial charge in [0.1, 0.15) is 19.3 Å². The van der Waals surface area contributed by atoms with Crippen molar-refractivity contribution in [3.8, 4) is 11.5 Å². The molecule has 0 bridgehead atoms. The second-order valence-electron chi connectivity index (χ2n) is 9.17. The largest absolute Gasteiger partial charge is 0.486 e. The molecular formula is C24H30ClNO4. The zero-order valence-electron chi connectivity index (χ0n) is 17.9. The molecule has 5 nitrogen and oxygen atoms in total. The van der Waals surface area contributed by atoms with Gasteiger partial charge in [-0.2, -0.15) is 0 Å². The zero-order chi connectivity index (χ0) is 21.3. The number of aliphatic hydroxyl groups is 1. The minimum absolute atomic E-state index is 0.0738.